The minimum Gasteiger partial charge on any atom is -0.444 e. The lowest BCUT2D eigenvalue weighted by Gasteiger charge is -2.28. The Labute approximate surface area is 281 Å². The number of carbonyl (C=O) groups is 4. The summed E-state index contributed by atoms with van der Waals surface area (Å²) in [6, 6.07) is 8.52. The minimum absolute atomic E-state index is 0.0108. The fraction of sp³-hybridized carbons (Fsp3) is 0.543. The maximum absolute atomic E-state index is 13.8. The van der Waals surface area contributed by atoms with Crippen molar-refractivity contribution in [1.82, 2.24) is 30.2 Å². The van der Waals surface area contributed by atoms with Gasteiger partial charge in [-0.25, -0.2) is 9.48 Å². The largest absolute Gasteiger partial charge is 0.444 e. The molecule has 1 atom stereocenters. The van der Waals surface area contributed by atoms with E-state index in [1.165, 1.54) is 0 Å². The predicted octanol–water partition coefficient (Wildman–Crippen LogP) is 5.14. The molecule has 0 saturated heterocycles. The highest BCUT2D eigenvalue weighted by Crippen LogP contribution is 2.51. The van der Waals surface area contributed by atoms with Gasteiger partial charge in [0.1, 0.15) is 23.9 Å². The zero-order valence-electron chi connectivity index (χ0n) is 28.8. The number of carbonyl (C=O) groups excluding carboxylic acids is 4. The van der Waals surface area contributed by atoms with Gasteiger partial charge in [-0.3, -0.25) is 19.1 Å². The second kappa shape index (κ2) is 14.2. The van der Waals surface area contributed by atoms with Crippen molar-refractivity contribution in [2.75, 3.05) is 11.9 Å². The molecule has 3 N–H and O–H groups in total. The highest BCUT2D eigenvalue weighted by molar-refractivity contribution is 6.01. The van der Waals surface area contributed by atoms with Gasteiger partial charge in [-0.05, 0) is 116 Å². The number of aromatic nitrogens is 4. The quantitative estimate of drug-likeness (QED) is 0.212. The first-order valence-corrected chi connectivity index (χ1v) is 16.6. The van der Waals surface area contributed by atoms with E-state index in [0.717, 1.165) is 48.2 Å². The number of nitrogens with one attached hydrogen (secondary N) is 3. The molecule has 1 unspecified atom stereocenters. The first kappa shape index (κ1) is 34.6. The van der Waals surface area contributed by atoms with E-state index in [0.29, 0.717) is 23.2 Å². The average Bonchev–Trinajstić information content (AvgIpc) is 3.95. The number of anilines is 1. The molecule has 2 fully saturated rings. The Bertz CT molecular complexity index is 1630. The highest BCUT2D eigenvalue weighted by atomic mass is 16.6. The number of nitrogens with zero attached hydrogens (tertiary/aromatic N) is 4. The summed E-state index contributed by atoms with van der Waals surface area (Å²) in [6.45, 7) is 12.4. The Morgan fingerprint density at radius 1 is 0.979 bits per heavy atom. The standard InChI is InChI=1S/C35H47N7O6/c1-20(2)42-27(16-17-37-42)32(44)39-31(30(24-8-9-24)25-10-11-25)33(45)38-26-14-12-23(13-15-26)29-21(3)40-41(22(29)4)19-47-28(43)18-36-34(46)48-35(5,6)7/h12-17,20,24-25,30-31H,8-11,18-19H2,1-7H3,(H,36,46)(H,38,45)(H,39,44). The van der Waals surface area contributed by atoms with Gasteiger partial charge in [0.05, 0.1) is 5.69 Å². The molecule has 2 aromatic heterocycles. The Kier molecular flexibility index (Phi) is 10.3. The summed E-state index contributed by atoms with van der Waals surface area (Å²) >= 11 is 0. The van der Waals surface area contributed by atoms with Crippen molar-refractivity contribution in [3.8, 4) is 11.1 Å². The first-order valence-electron chi connectivity index (χ1n) is 16.6. The number of aryl methyl sites for hydroxylation is 1. The van der Waals surface area contributed by atoms with Gasteiger partial charge < -0.3 is 25.4 Å². The van der Waals surface area contributed by atoms with Crippen molar-refractivity contribution in [3.63, 3.8) is 0 Å². The number of rotatable bonds is 13. The van der Waals surface area contributed by atoms with Crippen LogP contribution in [0.4, 0.5) is 10.5 Å². The Morgan fingerprint density at radius 2 is 1.62 bits per heavy atom. The third-order valence-electron chi connectivity index (χ3n) is 8.63. The Morgan fingerprint density at radius 3 is 2.21 bits per heavy atom. The van der Waals surface area contributed by atoms with Gasteiger partial charge in [0.15, 0.2) is 6.73 Å². The van der Waals surface area contributed by atoms with Gasteiger partial charge in [0.2, 0.25) is 5.91 Å². The summed E-state index contributed by atoms with van der Waals surface area (Å²) < 4.78 is 13.7. The van der Waals surface area contributed by atoms with E-state index in [-0.39, 0.29) is 37.0 Å². The average molecular weight is 662 g/mol. The van der Waals surface area contributed by atoms with Crippen LogP contribution >= 0.6 is 0 Å². The van der Waals surface area contributed by atoms with Crippen LogP contribution < -0.4 is 16.0 Å². The molecule has 258 valence electrons. The van der Waals surface area contributed by atoms with Crippen molar-refractivity contribution >= 4 is 29.6 Å². The molecular formula is C35H47N7O6. The molecule has 0 spiro atoms. The van der Waals surface area contributed by atoms with E-state index in [9.17, 15) is 19.2 Å². The number of esters is 1. The summed E-state index contributed by atoms with van der Waals surface area (Å²) in [5, 5.41) is 17.4. The van der Waals surface area contributed by atoms with Gasteiger partial charge in [-0.1, -0.05) is 12.1 Å². The molecule has 2 aliphatic carbocycles. The van der Waals surface area contributed by atoms with Crippen LogP contribution in [0, 0.1) is 31.6 Å². The van der Waals surface area contributed by atoms with Gasteiger partial charge in [0, 0.05) is 29.2 Å². The SMILES string of the molecule is Cc1nn(COC(=O)CNC(=O)OC(C)(C)C)c(C)c1-c1ccc(NC(=O)C(NC(=O)c2ccnn2C(C)C)C(C2CC2)C2CC2)cc1. The van der Waals surface area contributed by atoms with Crippen molar-refractivity contribution < 1.29 is 28.7 Å². The Hall–Kier alpha value is -4.68. The molecule has 0 bridgehead atoms. The molecule has 0 radical (unpaired) electrons. The van der Waals surface area contributed by atoms with Crippen LogP contribution in [0.2, 0.25) is 0 Å². The number of ether oxygens (including phenoxy) is 2. The molecule has 2 saturated carbocycles. The normalized spacial score (nSPS) is 15.3. The molecule has 3 aromatic rings. The van der Waals surface area contributed by atoms with E-state index >= 15 is 0 Å². The third-order valence-corrected chi connectivity index (χ3v) is 8.63. The Balaban J connectivity index is 1.23. The molecule has 0 aliphatic heterocycles. The topological polar surface area (TPSA) is 158 Å². The zero-order chi connectivity index (χ0) is 34.7. The van der Waals surface area contributed by atoms with E-state index in [2.05, 4.69) is 26.1 Å². The lowest BCUT2D eigenvalue weighted by Crippen LogP contribution is -2.50. The predicted molar refractivity (Wildman–Crippen MR) is 179 cm³/mol. The fourth-order valence-corrected chi connectivity index (χ4v) is 6.17. The van der Waals surface area contributed by atoms with Crippen molar-refractivity contribution in [3.05, 3.63) is 53.6 Å². The van der Waals surface area contributed by atoms with Crippen LogP contribution in [-0.2, 0) is 25.8 Å². The summed E-state index contributed by atoms with van der Waals surface area (Å²) in [5.74, 6) is -0.167. The smallest absolute Gasteiger partial charge is 0.408 e. The summed E-state index contributed by atoms with van der Waals surface area (Å²) in [6.07, 6.45) is 5.22. The molecule has 48 heavy (non-hydrogen) atoms. The first-order chi connectivity index (χ1) is 22.7. The number of benzene rings is 1. The van der Waals surface area contributed by atoms with Crippen LogP contribution in [0.25, 0.3) is 11.1 Å². The van der Waals surface area contributed by atoms with E-state index in [1.807, 2.05) is 52.0 Å². The second-order valence-corrected chi connectivity index (χ2v) is 14.1. The van der Waals surface area contributed by atoms with Gasteiger partial charge in [-0.15, -0.1) is 0 Å². The molecule has 13 heteroatoms. The molecule has 2 aliphatic rings. The van der Waals surface area contributed by atoms with E-state index < -0.39 is 23.7 Å². The lowest BCUT2D eigenvalue weighted by molar-refractivity contribution is -0.146. The maximum Gasteiger partial charge on any atom is 0.408 e. The zero-order valence-corrected chi connectivity index (χ0v) is 28.8. The van der Waals surface area contributed by atoms with E-state index in [4.69, 9.17) is 9.47 Å². The van der Waals surface area contributed by atoms with E-state index in [1.54, 1.807) is 42.4 Å². The van der Waals surface area contributed by atoms with Crippen molar-refractivity contribution in [2.45, 2.75) is 98.6 Å². The molecule has 3 amide bonds. The molecule has 13 nitrogen and oxygen atoms in total. The van der Waals surface area contributed by atoms with Crippen LogP contribution in [0.5, 0.6) is 0 Å². The van der Waals surface area contributed by atoms with Crippen LogP contribution in [0.15, 0.2) is 36.5 Å². The highest BCUT2D eigenvalue weighted by Gasteiger charge is 2.48. The number of amides is 3. The monoisotopic (exact) mass is 661 g/mol. The number of alkyl carbamates (subject to hydrolysis) is 1. The molecular weight excluding hydrogens is 614 g/mol. The van der Waals surface area contributed by atoms with Crippen LogP contribution in [0.3, 0.4) is 0 Å². The number of hydrogen-bond acceptors (Lipinski definition) is 8. The van der Waals surface area contributed by atoms with Gasteiger partial charge >= 0.3 is 12.1 Å². The maximum atomic E-state index is 13.8. The van der Waals surface area contributed by atoms with Gasteiger partial charge in [-0.2, -0.15) is 10.2 Å². The molecule has 5 rings (SSSR count). The minimum atomic E-state index is -0.701. The fourth-order valence-electron chi connectivity index (χ4n) is 6.17. The van der Waals surface area contributed by atoms with Crippen LogP contribution in [0.1, 0.15) is 88.2 Å². The van der Waals surface area contributed by atoms with Crippen molar-refractivity contribution in [2.24, 2.45) is 17.8 Å². The summed E-state index contributed by atoms with van der Waals surface area (Å²) in [4.78, 5) is 51.3. The number of hydrogen-bond donors (Lipinski definition) is 3. The summed E-state index contributed by atoms with van der Waals surface area (Å²) in [7, 11) is 0. The molecule has 2 heterocycles. The van der Waals surface area contributed by atoms with Gasteiger partial charge in [0.25, 0.3) is 5.91 Å². The second-order valence-electron chi connectivity index (χ2n) is 14.1. The van der Waals surface area contributed by atoms with Crippen LogP contribution in [-0.4, -0.2) is 61.6 Å². The summed E-state index contributed by atoms with van der Waals surface area (Å²) in [5.41, 5.74) is 3.68. The molecule has 1 aromatic carbocycles. The van der Waals surface area contributed by atoms with Crippen molar-refractivity contribution in [1.29, 1.82) is 0 Å². The lowest BCUT2D eigenvalue weighted by atomic mass is 9.88. The third kappa shape index (κ3) is 8.61.